The van der Waals surface area contributed by atoms with Crippen molar-refractivity contribution in [1.82, 2.24) is 4.90 Å². The minimum absolute atomic E-state index is 0.0460. The van der Waals surface area contributed by atoms with Crippen molar-refractivity contribution in [1.29, 1.82) is 0 Å². The molecule has 19 heavy (non-hydrogen) atoms. The maximum Gasteiger partial charge on any atom is 0.416 e. The van der Waals surface area contributed by atoms with E-state index in [0.29, 0.717) is 19.5 Å². The molecule has 1 N–H and O–H groups in total. The Hall–Kier alpha value is -1.33. The molecular formula is C14H16F3NO. The molecule has 5 heteroatoms. The molecule has 104 valence electrons. The summed E-state index contributed by atoms with van der Waals surface area (Å²) >= 11 is 0. The molecule has 0 saturated carbocycles. The highest BCUT2D eigenvalue weighted by molar-refractivity contribution is 5.27. The summed E-state index contributed by atoms with van der Waals surface area (Å²) in [7, 11) is 0. The van der Waals surface area contributed by atoms with Gasteiger partial charge in [0.1, 0.15) is 0 Å². The van der Waals surface area contributed by atoms with Crippen molar-refractivity contribution in [2.24, 2.45) is 0 Å². The van der Waals surface area contributed by atoms with Gasteiger partial charge in [-0.1, -0.05) is 18.2 Å². The first kappa shape index (κ1) is 14.1. The van der Waals surface area contributed by atoms with Crippen LogP contribution in [0, 0.1) is 0 Å². The third-order valence-corrected chi connectivity index (χ3v) is 3.37. The first-order valence-corrected chi connectivity index (χ1v) is 6.12. The zero-order valence-electron chi connectivity index (χ0n) is 10.4. The molecule has 0 spiro atoms. The second-order valence-electron chi connectivity index (χ2n) is 4.77. The Balaban J connectivity index is 2.19. The average Bonchev–Trinajstić information content (AvgIpc) is 2.70. The van der Waals surface area contributed by atoms with Crippen LogP contribution in [0.4, 0.5) is 13.2 Å². The van der Waals surface area contributed by atoms with E-state index in [4.69, 9.17) is 0 Å². The summed E-state index contributed by atoms with van der Waals surface area (Å²) in [5, 5.41) is 9.69. The Labute approximate surface area is 110 Å². The fraction of sp³-hybridized carbons (Fsp3) is 0.429. The van der Waals surface area contributed by atoms with Gasteiger partial charge in [0.15, 0.2) is 0 Å². The van der Waals surface area contributed by atoms with Gasteiger partial charge in [-0.05, 0) is 24.1 Å². The van der Waals surface area contributed by atoms with Crippen molar-refractivity contribution in [3.05, 3.63) is 48.0 Å². The summed E-state index contributed by atoms with van der Waals surface area (Å²) < 4.78 is 37.5. The van der Waals surface area contributed by atoms with Crippen molar-refractivity contribution in [3.63, 3.8) is 0 Å². The highest BCUT2D eigenvalue weighted by Gasteiger charge is 2.33. The third-order valence-electron chi connectivity index (χ3n) is 3.37. The molecule has 2 nitrogen and oxygen atoms in total. The minimum atomic E-state index is -4.31. The van der Waals surface area contributed by atoms with Crippen LogP contribution in [-0.2, 0) is 6.18 Å². The number of aliphatic hydroxyl groups excluding tert-OH is 1. The summed E-state index contributed by atoms with van der Waals surface area (Å²) in [6.45, 7) is 4.79. The molecule has 1 aliphatic heterocycles. The maximum absolute atomic E-state index is 12.5. The number of nitrogens with zero attached hydrogens (tertiary/aromatic N) is 1. The molecule has 0 amide bonds. The molecule has 0 bridgehead atoms. The van der Waals surface area contributed by atoms with Crippen molar-refractivity contribution >= 4 is 0 Å². The third kappa shape index (κ3) is 3.16. The van der Waals surface area contributed by atoms with Crippen LogP contribution < -0.4 is 0 Å². The Morgan fingerprint density at radius 1 is 1.32 bits per heavy atom. The predicted octanol–water partition coefficient (Wildman–Crippen LogP) is 3.00. The SMILES string of the molecule is C=CCN1CC(O)CC1c1ccc(C(F)(F)F)cc1. The predicted molar refractivity (Wildman–Crippen MR) is 66.6 cm³/mol. The van der Waals surface area contributed by atoms with Crippen molar-refractivity contribution in [2.75, 3.05) is 13.1 Å². The lowest BCUT2D eigenvalue weighted by atomic mass is 10.0. The number of rotatable bonds is 3. The molecule has 0 radical (unpaired) electrons. The normalized spacial score (nSPS) is 24.6. The van der Waals surface area contributed by atoms with E-state index in [2.05, 4.69) is 6.58 Å². The lowest BCUT2D eigenvalue weighted by Gasteiger charge is -2.23. The number of β-amino-alcohol motifs (C(OH)–C–C–N with tert-alkyl or cyclic N) is 1. The molecule has 1 aromatic carbocycles. The first-order valence-electron chi connectivity index (χ1n) is 6.12. The maximum atomic E-state index is 12.5. The van der Waals surface area contributed by atoms with Crippen LogP contribution in [-0.4, -0.2) is 29.2 Å². The fourth-order valence-electron chi connectivity index (χ4n) is 2.49. The van der Waals surface area contributed by atoms with Crippen molar-refractivity contribution in [2.45, 2.75) is 24.7 Å². The molecule has 2 atom stereocenters. The molecular weight excluding hydrogens is 255 g/mol. The second-order valence-corrected chi connectivity index (χ2v) is 4.77. The zero-order valence-corrected chi connectivity index (χ0v) is 10.4. The molecule has 1 heterocycles. The van der Waals surface area contributed by atoms with Crippen LogP contribution in [0.25, 0.3) is 0 Å². The standard InChI is InChI=1S/C14H16F3NO/c1-2-7-18-9-12(19)8-13(18)10-3-5-11(6-4-10)14(15,16)17/h2-6,12-13,19H,1,7-9H2. The summed E-state index contributed by atoms with van der Waals surface area (Å²) in [5.41, 5.74) is 0.150. The van der Waals surface area contributed by atoms with Gasteiger partial charge >= 0.3 is 6.18 Å². The van der Waals surface area contributed by atoms with Crippen LogP contribution in [0.1, 0.15) is 23.6 Å². The first-order chi connectivity index (χ1) is 8.91. The van der Waals surface area contributed by atoms with Gasteiger partial charge in [-0.3, -0.25) is 4.90 Å². The van der Waals surface area contributed by atoms with Gasteiger partial charge in [0, 0.05) is 19.1 Å². The molecule has 0 aromatic heterocycles. The van der Waals surface area contributed by atoms with Gasteiger partial charge in [-0.15, -0.1) is 6.58 Å². The van der Waals surface area contributed by atoms with Crippen LogP contribution >= 0.6 is 0 Å². The molecule has 2 rings (SSSR count). The Kier molecular flexibility index (Phi) is 3.96. The largest absolute Gasteiger partial charge is 0.416 e. The Morgan fingerprint density at radius 2 is 1.95 bits per heavy atom. The molecule has 1 fully saturated rings. The second kappa shape index (κ2) is 5.35. The minimum Gasteiger partial charge on any atom is -0.392 e. The number of hydrogen-bond donors (Lipinski definition) is 1. The van der Waals surface area contributed by atoms with Crippen LogP contribution in [0.15, 0.2) is 36.9 Å². The van der Waals surface area contributed by atoms with Gasteiger partial charge in [0.25, 0.3) is 0 Å². The van der Waals surface area contributed by atoms with Gasteiger partial charge in [-0.2, -0.15) is 13.2 Å². The van der Waals surface area contributed by atoms with Crippen LogP contribution in [0.5, 0.6) is 0 Å². The number of alkyl halides is 3. The van der Waals surface area contributed by atoms with Crippen molar-refractivity contribution in [3.8, 4) is 0 Å². The number of benzene rings is 1. The summed E-state index contributed by atoms with van der Waals surface area (Å²) in [6, 6.07) is 5.11. The average molecular weight is 271 g/mol. The highest BCUT2D eigenvalue weighted by atomic mass is 19.4. The number of likely N-dealkylation sites (tertiary alicyclic amines) is 1. The van der Waals surface area contributed by atoms with E-state index in [0.717, 1.165) is 17.7 Å². The van der Waals surface area contributed by atoms with E-state index in [9.17, 15) is 18.3 Å². The highest BCUT2D eigenvalue weighted by Crippen LogP contribution is 2.34. The van der Waals surface area contributed by atoms with Gasteiger partial charge in [-0.25, -0.2) is 0 Å². The Morgan fingerprint density at radius 3 is 2.47 bits per heavy atom. The van der Waals surface area contributed by atoms with E-state index in [1.807, 2.05) is 4.90 Å². The molecule has 1 aromatic rings. The lowest BCUT2D eigenvalue weighted by molar-refractivity contribution is -0.137. The quantitative estimate of drug-likeness (QED) is 0.854. The topological polar surface area (TPSA) is 23.5 Å². The summed E-state index contributed by atoms with van der Waals surface area (Å²) in [5.74, 6) is 0. The molecule has 1 aliphatic rings. The smallest absolute Gasteiger partial charge is 0.392 e. The number of halogens is 3. The van der Waals surface area contributed by atoms with E-state index in [1.165, 1.54) is 12.1 Å². The van der Waals surface area contributed by atoms with E-state index in [1.54, 1.807) is 6.08 Å². The number of hydrogen-bond acceptors (Lipinski definition) is 2. The molecule has 2 unspecified atom stereocenters. The zero-order chi connectivity index (χ0) is 14.0. The van der Waals surface area contributed by atoms with Gasteiger partial charge in [0.05, 0.1) is 11.7 Å². The van der Waals surface area contributed by atoms with Crippen LogP contribution in [0.2, 0.25) is 0 Å². The van der Waals surface area contributed by atoms with Gasteiger partial charge in [0.2, 0.25) is 0 Å². The molecule has 1 saturated heterocycles. The van der Waals surface area contributed by atoms with Crippen molar-refractivity contribution < 1.29 is 18.3 Å². The monoisotopic (exact) mass is 271 g/mol. The van der Waals surface area contributed by atoms with E-state index in [-0.39, 0.29) is 6.04 Å². The summed E-state index contributed by atoms with van der Waals surface area (Å²) in [6.07, 6.45) is -2.48. The van der Waals surface area contributed by atoms with E-state index >= 15 is 0 Å². The fourth-order valence-corrected chi connectivity index (χ4v) is 2.49. The molecule has 0 aliphatic carbocycles. The number of aliphatic hydroxyl groups is 1. The van der Waals surface area contributed by atoms with Crippen LogP contribution in [0.3, 0.4) is 0 Å². The van der Waals surface area contributed by atoms with E-state index < -0.39 is 17.8 Å². The van der Waals surface area contributed by atoms with Gasteiger partial charge < -0.3 is 5.11 Å². The lowest BCUT2D eigenvalue weighted by Crippen LogP contribution is -2.24. The Bertz CT molecular complexity index is 441. The summed E-state index contributed by atoms with van der Waals surface area (Å²) in [4.78, 5) is 2.01.